The van der Waals surface area contributed by atoms with E-state index >= 15 is 0 Å². The van der Waals surface area contributed by atoms with Crippen molar-refractivity contribution in [1.29, 1.82) is 5.26 Å². The smallest absolute Gasteiger partial charge is 0.171 e. The summed E-state index contributed by atoms with van der Waals surface area (Å²) >= 11 is 0. The molecule has 1 fully saturated rings. The third-order valence-corrected chi connectivity index (χ3v) is 3.57. The van der Waals surface area contributed by atoms with Gasteiger partial charge in [0.05, 0.1) is 17.8 Å². The number of carbonyl (C=O) groups excluding carboxylic acids is 1. The number of rotatable bonds is 1. The van der Waals surface area contributed by atoms with Crippen molar-refractivity contribution in [2.75, 3.05) is 7.11 Å². The fourth-order valence-corrected chi connectivity index (χ4v) is 2.75. The van der Waals surface area contributed by atoms with Gasteiger partial charge in [0, 0.05) is 13.5 Å². The Morgan fingerprint density at radius 2 is 2.29 bits per heavy atom. The molecule has 1 heterocycles. The van der Waals surface area contributed by atoms with Crippen LogP contribution in [0.3, 0.4) is 0 Å². The van der Waals surface area contributed by atoms with Crippen LogP contribution < -0.4 is 0 Å². The second-order valence-corrected chi connectivity index (χ2v) is 5.27. The number of carbonyl (C=O) groups is 1. The minimum atomic E-state index is -1.17. The molecule has 1 saturated heterocycles. The van der Waals surface area contributed by atoms with Crippen LogP contribution in [0, 0.1) is 16.7 Å². The van der Waals surface area contributed by atoms with E-state index in [1.165, 1.54) is 7.11 Å². The standard InChI is InChI=1S/C13H17NO3/c1-12(2)7-9(15)13(8-14)10(16-3)5-4-6-11(13)17-12/h4-5,10-11H,6-7H2,1-3H3/t10-,11?,13-/m0/s1. The number of fused-ring (bicyclic) bond motifs is 1. The highest BCUT2D eigenvalue weighted by atomic mass is 16.5. The molecular weight excluding hydrogens is 218 g/mol. The number of Topliss-reactive ketones (excluding diaryl/α,β-unsaturated/α-hetero) is 1. The van der Waals surface area contributed by atoms with Crippen LogP contribution in [-0.4, -0.2) is 30.7 Å². The van der Waals surface area contributed by atoms with Crippen LogP contribution in [0.5, 0.6) is 0 Å². The largest absolute Gasteiger partial charge is 0.375 e. The van der Waals surface area contributed by atoms with Gasteiger partial charge in [0.2, 0.25) is 0 Å². The molecule has 0 spiro atoms. The number of hydrogen-bond donors (Lipinski definition) is 0. The Hall–Kier alpha value is -1.18. The Labute approximate surface area is 101 Å². The Morgan fingerprint density at radius 1 is 1.59 bits per heavy atom. The molecular formula is C13H17NO3. The van der Waals surface area contributed by atoms with Gasteiger partial charge in [-0.05, 0) is 20.3 Å². The molecule has 4 nitrogen and oxygen atoms in total. The van der Waals surface area contributed by atoms with Crippen molar-refractivity contribution in [2.24, 2.45) is 5.41 Å². The summed E-state index contributed by atoms with van der Waals surface area (Å²) in [5, 5.41) is 9.45. The van der Waals surface area contributed by atoms with Crippen LogP contribution in [0.15, 0.2) is 12.2 Å². The Balaban J connectivity index is 2.46. The van der Waals surface area contributed by atoms with Crippen molar-refractivity contribution in [2.45, 2.75) is 44.5 Å². The van der Waals surface area contributed by atoms with E-state index in [9.17, 15) is 10.1 Å². The molecule has 0 saturated carbocycles. The van der Waals surface area contributed by atoms with Gasteiger partial charge in [-0.15, -0.1) is 0 Å². The molecule has 0 amide bonds. The van der Waals surface area contributed by atoms with E-state index in [0.29, 0.717) is 6.42 Å². The van der Waals surface area contributed by atoms with Crippen molar-refractivity contribution in [3.63, 3.8) is 0 Å². The number of ether oxygens (including phenoxy) is 2. The summed E-state index contributed by atoms with van der Waals surface area (Å²) in [6.07, 6.45) is 3.64. The van der Waals surface area contributed by atoms with Gasteiger partial charge in [-0.25, -0.2) is 0 Å². The molecule has 0 aromatic heterocycles. The molecule has 0 bridgehead atoms. The van der Waals surface area contributed by atoms with Gasteiger partial charge in [-0.3, -0.25) is 4.79 Å². The summed E-state index contributed by atoms with van der Waals surface area (Å²) in [7, 11) is 1.52. The van der Waals surface area contributed by atoms with E-state index in [0.717, 1.165) is 0 Å². The predicted octanol–water partition coefficient (Wildman–Crippen LogP) is 1.61. The van der Waals surface area contributed by atoms with Crippen LogP contribution in [0.25, 0.3) is 0 Å². The maximum atomic E-state index is 12.4. The van der Waals surface area contributed by atoms with Crippen LogP contribution >= 0.6 is 0 Å². The van der Waals surface area contributed by atoms with Gasteiger partial charge in [0.15, 0.2) is 11.2 Å². The number of methoxy groups -OCH3 is 1. The lowest BCUT2D eigenvalue weighted by Crippen LogP contribution is -2.60. The minimum Gasteiger partial charge on any atom is -0.375 e. The fourth-order valence-electron chi connectivity index (χ4n) is 2.75. The number of ketones is 1. The van der Waals surface area contributed by atoms with Crippen LogP contribution in [-0.2, 0) is 14.3 Å². The van der Waals surface area contributed by atoms with Gasteiger partial charge >= 0.3 is 0 Å². The van der Waals surface area contributed by atoms with Gasteiger partial charge in [-0.2, -0.15) is 5.26 Å². The molecule has 2 aliphatic rings. The highest BCUT2D eigenvalue weighted by Crippen LogP contribution is 2.45. The lowest BCUT2D eigenvalue weighted by Gasteiger charge is -2.48. The molecule has 1 aliphatic carbocycles. The van der Waals surface area contributed by atoms with Crippen molar-refractivity contribution in [1.82, 2.24) is 0 Å². The normalized spacial score (nSPS) is 39.5. The first-order valence-electron chi connectivity index (χ1n) is 5.78. The number of hydrogen-bond acceptors (Lipinski definition) is 4. The number of nitrogens with zero attached hydrogens (tertiary/aromatic N) is 1. The third-order valence-electron chi connectivity index (χ3n) is 3.57. The molecule has 17 heavy (non-hydrogen) atoms. The van der Waals surface area contributed by atoms with Gasteiger partial charge in [0.1, 0.15) is 6.10 Å². The third kappa shape index (κ3) is 1.70. The van der Waals surface area contributed by atoms with Crippen molar-refractivity contribution < 1.29 is 14.3 Å². The Kier molecular flexibility index (Phi) is 2.84. The minimum absolute atomic E-state index is 0.0718. The molecule has 1 unspecified atom stereocenters. The van der Waals surface area contributed by atoms with E-state index in [1.54, 1.807) is 6.08 Å². The highest BCUT2D eigenvalue weighted by molar-refractivity contribution is 5.91. The summed E-state index contributed by atoms with van der Waals surface area (Å²) in [4.78, 5) is 12.4. The lowest BCUT2D eigenvalue weighted by atomic mass is 9.66. The summed E-state index contributed by atoms with van der Waals surface area (Å²) in [6.45, 7) is 3.76. The first-order chi connectivity index (χ1) is 7.96. The molecule has 0 N–H and O–H groups in total. The first-order valence-corrected chi connectivity index (χ1v) is 5.78. The Morgan fingerprint density at radius 3 is 2.88 bits per heavy atom. The van der Waals surface area contributed by atoms with Crippen molar-refractivity contribution >= 4 is 5.78 Å². The monoisotopic (exact) mass is 235 g/mol. The second kappa shape index (κ2) is 3.94. The van der Waals surface area contributed by atoms with Crippen LogP contribution in [0.1, 0.15) is 26.7 Å². The zero-order valence-corrected chi connectivity index (χ0v) is 10.4. The van der Waals surface area contributed by atoms with Crippen LogP contribution in [0.2, 0.25) is 0 Å². The van der Waals surface area contributed by atoms with Gasteiger partial charge < -0.3 is 9.47 Å². The van der Waals surface area contributed by atoms with Gasteiger partial charge in [-0.1, -0.05) is 12.2 Å². The molecule has 3 atom stereocenters. The summed E-state index contributed by atoms with van der Waals surface area (Å²) in [5.41, 5.74) is -1.66. The van der Waals surface area contributed by atoms with E-state index < -0.39 is 23.2 Å². The lowest BCUT2D eigenvalue weighted by molar-refractivity contribution is -0.187. The molecule has 1 aliphatic heterocycles. The van der Waals surface area contributed by atoms with E-state index in [4.69, 9.17) is 9.47 Å². The maximum Gasteiger partial charge on any atom is 0.171 e. The van der Waals surface area contributed by atoms with Gasteiger partial charge in [0.25, 0.3) is 0 Å². The fraction of sp³-hybridized carbons (Fsp3) is 0.692. The van der Waals surface area contributed by atoms with E-state index in [-0.39, 0.29) is 12.2 Å². The molecule has 92 valence electrons. The average Bonchev–Trinajstić information content (AvgIpc) is 2.26. The molecule has 4 heteroatoms. The highest BCUT2D eigenvalue weighted by Gasteiger charge is 2.58. The molecule has 2 rings (SSSR count). The van der Waals surface area contributed by atoms with E-state index in [2.05, 4.69) is 6.07 Å². The topological polar surface area (TPSA) is 59.3 Å². The maximum absolute atomic E-state index is 12.4. The molecule has 0 radical (unpaired) electrons. The van der Waals surface area contributed by atoms with Crippen molar-refractivity contribution in [3.05, 3.63) is 12.2 Å². The first kappa shape index (κ1) is 12.3. The molecule has 0 aromatic rings. The summed E-state index contributed by atoms with van der Waals surface area (Å²) in [6, 6.07) is 2.16. The van der Waals surface area contributed by atoms with Crippen LogP contribution in [0.4, 0.5) is 0 Å². The zero-order chi connectivity index (χ0) is 12.7. The summed E-state index contributed by atoms with van der Waals surface area (Å²) < 4.78 is 11.2. The SMILES string of the molecule is CO[C@H]1C=CCC2OC(C)(C)CC(=O)[C@]21C#N. The summed E-state index contributed by atoms with van der Waals surface area (Å²) in [5.74, 6) is -0.0718. The average molecular weight is 235 g/mol. The molecule has 0 aromatic carbocycles. The van der Waals surface area contributed by atoms with Crippen molar-refractivity contribution in [3.8, 4) is 6.07 Å². The quantitative estimate of drug-likeness (QED) is 0.648. The number of nitriles is 1. The van der Waals surface area contributed by atoms with E-state index in [1.807, 2.05) is 19.9 Å². The second-order valence-electron chi connectivity index (χ2n) is 5.27. The predicted molar refractivity (Wildman–Crippen MR) is 61.2 cm³/mol. The zero-order valence-electron chi connectivity index (χ0n) is 10.4. The Bertz CT molecular complexity index is 407.